The summed E-state index contributed by atoms with van der Waals surface area (Å²) in [4.78, 5) is 21.4. The Balaban J connectivity index is 2.30. The van der Waals surface area contributed by atoms with Crippen molar-refractivity contribution in [2.75, 3.05) is 5.75 Å². The highest BCUT2D eigenvalue weighted by Crippen LogP contribution is 2.33. The zero-order valence-corrected chi connectivity index (χ0v) is 20.3. The number of pyridine rings is 1. The minimum atomic E-state index is -1.00. The van der Waals surface area contributed by atoms with E-state index in [0.29, 0.717) is 23.9 Å². The largest absolute Gasteiger partial charge is 0.395 e. The lowest BCUT2D eigenvalue weighted by atomic mass is 10.1. The zero-order chi connectivity index (χ0) is 22.8. The molecule has 0 aliphatic carbocycles. The Kier molecular flexibility index (Phi) is 10.6. The van der Waals surface area contributed by atoms with E-state index in [0.717, 1.165) is 40.4 Å². The average molecular weight is 465 g/mol. The highest BCUT2D eigenvalue weighted by atomic mass is 32.2. The number of thioether (sulfide) groups is 2. The molecule has 1 saturated heterocycles. The molecule has 1 aromatic heterocycles. The van der Waals surface area contributed by atoms with Gasteiger partial charge in [-0.05, 0) is 45.2 Å². The molecular weight excluding hydrogens is 431 g/mol. The standard InChI is InChI=1S/C23H33FN4OS2/c1-5-7-19(27-12-18(25)23-28-17(4)14-30-23)21(9-6-8-16(3)24)31-22-10-15(2)11-26-20(22)13-29/h6,8,10-13,16-17,19,21,28H,5,7,9,14,25H2,1-4H3/b8-6+,23-18?,27-12?. The monoisotopic (exact) mass is 464 g/mol. The summed E-state index contributed by atoms with van der Waals surface area (Å²) < 4.78 is 13.3. The second-order valence-corrected chi connectivity index (χ2v) is 10.1. The maximum atomic E-state index is 13.3. The van der Waals surface area contributed by atoms with E-state index in [9.17, 15) is 9.18 Å². The Labute approximate surface area is 193 Å². The lowest BCUT2D eigenvalue weighted by Gasteiger charge is -2.23. The molecule has 5 nitrogen and oxygen atoms in total. The van der Waals surface area contributed by atoms with E-state index in [1.165, 1.54) is 6.92 Å². The molecule has 0 spiro atoms. The van der Waals surface area contributed by atoms with Crippen molar-refractivity contribution in [1.29, 1.82) is 0 Å². The van der Waals surface area contributed by atoms with E-state index in [2.05, 4.69) is 24.1 Å². The molecule has 2 rings (SSSR count). The molecule has 170 valence electrons. The molecule has 0 amide bonds. The SMILES string of the molecule is CCCC(N=CC(N)=C1NC(C)CS1)C(C/C=C/C(C)F)Sc1cc(C)cnc1C=O. The molecule has 1 fully saturated rings. The maximum Gasteiger partial charge on any atom is 0.169 e. The van der Waals surface area contributed by atoms with E-state index in [4.69, 9.17) is 10.7 Å². The topological polar surface area (TPSA) is 80.4 Å². The predicted molar refractivity (Wildman–Crippen MR) is 132 cm³/mol. The normalized spacial score (nSPS) is 21.3. The lowest BCUT2D eigenvalue weighted by Crippen LogP contribution is -2.23. The number of alkyl halides is 1. The van der Waals surface area contributed by atoms with E-state index < -0.39 is 6.17 Å². The fourth-order valence-electron chi connectivity index (χ4n) is 3.15. The van der Waals surface area contributed by atoms with Gasteiger partial charge in [0.15, 0.2) is 6.29 Å². The first-order chi connectivity index (χ1) is 14.8. The number of hydrogen-bond acceptors (Lipinski definition) is 7. The molecule has 4 unspecified atom stereocenters. The molecule has 4 atom stereocenters. The number of aromatic nitrogens is 1. The van der Waals surface area contributed by atoms with Crippen LogP contribution in [0.3, 0.4) is 0 Å². The van der Waals surface area contributed by atoms with Gasteiger partial charge in [-0.15, -0.1) is 23.5 Å². The molecule has 0 saturated carbocycles. The third-order valence-electron chi connectivity index (χ3n) is 4.71. The molecule has 3 N–H and O–H groups in total. The van der Waals surface area contributed by atoms with Crippen LogP contribution in [0.4, 0.5) is 4.39 Å². The summed E-state index contributed by atoms with van der Waals surface area (Å²) in [6.07, 6.45) is 9.09. The number of carbonyl (C=O) groups excluding carboxylic acids is 1. The van der Waals surface area contributed by atoms with E-state index in [1.807, 2.05) is 19.1 Å². The Morgan fingerprint density at radius 3 is 2.94 bits per heavy atom. The smallest absolute Gasteiger partial charge is 0.169 e. The number of rotatable bonds is 11. The van der Waals surface area contributed by atoms with Gasteiger partial charge in [0, 0.05) is 34.4 Å². The number of halogens is 1. The Bertz CT molecular complexity index is 826. The number of carbonyl (C=O) groups is 1. The van der Waals surface area contributed by atoms with Gasteiger partial charge >= 0.3 is 0 Å². The van der Waals surface area contributed by atoms with Crippen LogP contribution >= 0.6 is 23.5 Å². The van der Waals surface area contributed by atoms with Crippen molar-refractivity contribution >= 4 is 36.0 Å². The highest BCUT2D eigenvalue weighted by molar-refractivity contribution is 8.03. The van der Waals surface area contributed by atoms with E-state index in [-0.39, 0.29) is 11.3 Å². The molecule has 2 heterocycles. The number of nitrogens with one attached hydrogen (secondary N) is 1. The molecule has 1 aliphatic rings. The van der Waals surface area contributed by atoms with Gasteiger partial charge in [-0.25, -0.2) is 4.39 Å². The van der Waals surface area contributed by atoms with Crippen LogP contribution in [0.1, 0.15) is 56.1 Å². The van der Waals surface area contributed by atoms with Crippen molar-refractivity contribution in [1.82, 2.24) is 10.3 Å². The summed E-state index contributed by atoms with van der Waals surface area (Å²) in [7, 11) is 0. The first-order valence-corrected chi connectivity index (χ1v) is 12.5. The zero-order valence-electron chi connectivity index (χ0n) is 18.7. The number of aldehydes is 1. The second kappa shape index (κ2) is 12.9. The van der Waals surface area contributed by atoms with Crippen molar-refractivity contribution in [2.24, 2.45) is 10.7 Å². The van der Waals surface area contributed by atoms with Gasteiger partial charge in [0.1, 0.15) is 11.9 Å². The van der Waals surface area contributed by atoms with Crippen LogP contribution in [0, 0.1) is 6.92 Å². The summed E-state index contributed by atoms with van der Waals surface area (Å²) in [5, 5.41) is 4.36. The van der Waals surface area contributed by atoms with Crippen molar-refractivity contribution in [3.05, 3.63) is 46.4 Å². The van der Waals surface area contributed by atoms with Crippen molar-refractivity contribution in [3.63, 3.8) is 0 Å². The quantitative estimate of drug-likeness (QED) is 0.206. The minimum Gasteiger partial charge on any atom is -0.395 e. The molecule has 0 aromatic carbocycles. The number of nitrogens with two attached hydrogens (primary N) is 1. The number of allylic oxidation sites excluding steroid dienone is 3. The summed E-state index contributed by atoms with van der Waals surface area (Å²) in [5.41, 5.74) is 8.31. The molecule has 0 radical (unpaired) electrons. The predicted octanol–water partition coefficient (Wildman–Crippen LogP) is 5.06. The van der Waals surface area contributed by atoms with Crippen molar-refractivity contribution in [3.8, 4) is 0 Å². The van der Waals surface area contributed by atoms with E-state index in [1.54, 1.807) is 42.0 Å². The summed E-state index contributed by atoms with van der Waals surface area (Å²) in [5.74, 6) is 0.988. The molecule has 31 heavy (non-hydrogen) atoms. The van der Waals surface area contributed by atoms with Gasteiger partial charge in [-0.3, -0.25) is 14.8 Å². The van der Waals surface area contributed by atoms with Gasteiger partial charge in [0.2, 0.25) is 0 Å². The van der Waals surface area contributed by atoms with Crippen molar-refractivity contribution in [2.45, 2.75) is 75.4 Å². The van der Waals surface area contributed by atoms with Crippen LogP contribution in [-0.2, 0) is 0 Å². The number of nitrogens with zero attached hydrogens (tertiary/aromatic N) is 2. The van der Waals surface area contributed by atoms with Gasteiger partial charge in [-0.1, -0.05) is 25.5 Å². The summed E-state index contributed by atoms with van der Waals surface area (Å²) in [6.45, 7) is 7.70. The molecule has 1 aromatic rings. The molecular formula is C23H33FN4OS2. The van der Waals surface area contributed by atoms with Crippen molar-refractivity contribution < 1.29 is 9.18 Å². The third kappa shape index (κ3) is 8.33. The minimum absolute atomic E-state index is 0.0226. The van der Waals surface area contributed by atoms with Gasteiger partial charge in [-0.2, -0.15) is 0 Å². The highest BCUT2D eigenvalue weighted by Gasteiger charge is 2.23. The van der Waals surface area contributed by atoms with Crippen LogP contribution in [0.2, 0.25) is 0 Å². The fourth-order valence-corrected chi connectivity index (χ4v) is 5.53. The second-order valence-electron chi connectivity index (χ2n) is 7.79. The van der Waals surface area contributed by atoms with Gasteiger partial charge in [0.25, 0.3) is 0 Å². The van der Waals surface area contributed by atoms with Gasteiger partial charge < -0.3 is 11.1 Å². The Morgan fingerprint density at radius 1 is 1.55 bits per heavy atom. The van der Waals surface area contributed by atoms with Crippen LogP contribution < -0.4 is 11.1 Å². The Morgan fingerprint density at radius 2 is 2.32 bits per heavy atom. The molecule has 1 aliphatic heterocycles. The van der Waals surface area contributed by atoms with E-state index >= 15 is 0 Å². The van der Waals surface area contributed by atoms with Crippen LogP contribution in [0.15, 0.2) is 45.0 Å². The number of hydrogen-bond donors (Lipinski definition) is 2. The van der Waals surface area contributed by atoms with Gasteiger partial charge in [0.05, 0.1) is 16.8 Å². The first-order valence-electron chi connectivity index (χ1n) is 10.7. The Hall–Kier alpha value is -1.80. The molecule has 8 heteroatoms. The molecule has 0 bridgehead atoms. The first kappa shape index (κ1) is 25.5. The third-order valence-corrected chi connectivity index (χ3v) is 7.41. The van der Waals surface area contributed by atoms with Crippen LogP contribution in [-0.4, -0.2) is 46.7 Å². The average Bonchev–Trinajstić information content (AvgIpc) is 3.16. The lowest BCUT2D eigenvalue weighted by molar-refractivity contribution is 0.111. The number of aliphatic imine (C=N–C) groups is 1. The van der Waals surface area contributed by atoms with Crippen LogP contribution in [0.5, 0.6) is 0 Å². The fraction of sp³-hybridized carbons (Fsp3) is 0.522. The summed E-state index contributed by atoms with van der Waals surface area (Å²) >= 11 is 3.28. The summed E-state index contributed by atoms with van der Waals surface area (Å²) in [6, 6.07) is 2.34. The van der Waals surface area contributed by atoms with Crippen LogP contribution in [0.25, 0.3) is 0 Å². The maximum absolute atomic E-state index is 13.3. The number of aryl methyl sites for hydroxylation is 1.